The van der Waals surface area contributed by atoms with Crippen molar-refractivity contribution in [2.24, 2.45) is 5.92 Å². The Morgan fingerprint density at radius 2 is 2.11 bits per heavy atom. The van der Waals surface area contributed by atoms with Crippen LogP contribution in [0.4, 0.5) is 5.69 Å². The second-order valence-electron chi connectivity index (χ2n) is 5.19. The molecule has 104 valence electrons. The summed E-state index contributed by atoms with van der Waals surface area (Å²) < 4.78 is 0.934. The first-order chi connectivity index (χ1) is 9.11. The van der Waals surface area contributed by atoms with Crippen LogP contribution in [0.5, 0.6) is 0 Å². The molecule has 0 spiro atoms. The number of hydrogen-bond acceptors (Lipinski definition) is 2. The van der Waals surface area contributed by atoms with Gasteiger partial charge in [0.15, 0.2) is 0 Å². The molecular weight excluding hydrogens is 306 g/mol. The Kier molecular flexibility index (Phi) is 4.86. The van der Waals surface area contributed by atoms with Crippen LogP contribution in [0.15, 0.2) is 22.7 Å². The Balaban J connectivity index is 2.14. The van der Waals surface area contributed by atoms with Gasteiger partial charge >= 0.3 is 5.97 Å². The smallest absolute Gasteiger partial charge is 0.337 e. The maximum absolute atomic E-state index is 11.3. The largest absolute Gasteiger partial charge is 0.478 e. The number of carboxylic acids is 1. The van der Waals surface area contributed by atoms with Crippen LogP contribution in [0.1, 0.15) is 43.0 Å². The maximum Gasteiger partial charge on any atom is 0.337 e. The van der Waals surface area contributed by atoms with Crippen molar-refractivity contribution in [2.75, 3.05) is 18.0 Å². The molecule has 1 aromatic carbocycles. The highest BCUT2D eigenvalue weighted by atomic mass is 79.9. The van der Waals surface area contributed by atoms with Gasteiger partial charge in [0.2, 0.25) is 0 Å². The molecule has 0 amide bonds. The monoisotopic (exact) mass is 325 g/mol. The first-order valence-electron chi connectivity index (χ1n) is 6.89. The number of halogens is 1. The van der Waals surface area contributed by atoms with Gasteiger partial charge in [0.25, 0.3) is 0 Å². The molecule has 1 heterocycles. The zero-order valence-electron chi connectivity index (χ0n) is 11.2. The second-order valence-corrected chi connectivity index (χ2v) is 6.10. The van der Waals surface area contributed by atoms with Crippen LogP contribution in [0.3, 0.4) is 0 Å². The highest BCUT2D eigenvalue weighted by Gasteiger charge is 2.22. The van der Waals surface area contributed by atoms with Gasteiger partial charge in [-0.15, -0.1) is 0 Å². The van der Waals surface area contributed by atoms with Crippen molar-refractivity contribution in [3.8, 4) is 0 Å². The van der Waals surface area contributed by atoms with Crippen LogP contribution in [0.25, 0.3) is 0 Å². The van der Waals surface area contributed by atoms with Crippen LogP contribution in [0, 0.1) is 5.92 Å². The Hall–Kier alpha value is -1.03. The maximum atomic E-state index is 11.3. The van der Waals surface area contributed by atoms with Gasteiger partial charge in [-0.3, -0.25) is 0 Å². The number of rotatable bonds is 4. The molecule has 0 radical (unpaired) electrons. The SMILES string of the molecule is CCCC1CCN(c2cc(Br)ccc2C(=O)O)CC1. The minimum Gasteiger partial charge on any atom is -0.478 e. The molecule has 1 aliphatic heterocycles. The Morgan fingerprint density at radius 1 is 1.42 bits per heavy atom. The summed E-state index contributed by atoms with van der Waals surface area (Å²) in [6.07, 6.45) is 4.86. The van der Waals surface area contributed by atoms with E-state index in [0.717, 1.165) is 29.2 Å². The molecule has 0 aliphatic carbocycles. The second kappa shape index (κ2) is 6.42. The van der Waals surface area contributed by atoms with E-state index in [1.165, 1.54) is 25.7 Å². The standard InChI is InChI=1S/C15H20BrNO2/c1-2-3-11-6-8-17(9-7-11)14-10-12(16)4-5-13(14)15(18)19/h4-5,10-11H,2-3,6-9H2,1H3,(H,18,19). The number of piperidine rings is 1. The molecule has 1 aliphatic rings. The van der Waals surface area contributed by atoms with Gasteiger partial charge in [0.05, 0.1) is 11.3 Å². The third-order valence-electron chi connectivity index (χ3n) is 3.84. The Labute approximate surface area is 122 Å². The number of benzene rings is 1. The molecule has 1 aromatic rings. The quantitative estimate of drug-likeness (QED) is 0.903. The van der Waals surface area contributed by atoms with Gasteiger partial charge in [0, 0.05) is 17.6 Å². The van der Waals surface area contributed by atoms with E-state index in [1.807, 2.05) is 6.07 Å². The molecular formula is C15H20BrNO2. The Bertz CT molecular complexity index is 453. The van der Waals surface area contributed by atoms with Crippen LogP contribution in [-0.2, 0) is 0 Å². The van der Waals surface area contributed by atoms with E-state index in [4.69, 9.17) is 0 Å². The van der Waals surface area contributed by atoms with Crippen molar-refractivity contribution in [1.29, 1.82) is 0 Å². The molecule has 4 heteroatoms. The summed E-state index contributed by atoms with van der Waals surface area (Å²) in [5, 5.41) is 9.28. The van der Waals surface area contributed by atoms with E-state index in [2.05, 4.69) is 27.8 Å². The number of anilines is 1. The fourth-order valence-corrected chi connectivity index (χ4v) is 3.17. The summed E-state index contributed by atoms with van der Waals surface area (Å²) in [5.74, 6) is -0.0418. The highest BCUT2D eigenvalue weighted by molar-refractivity contribution is 9.10. The normalized spacial score (nSPS) is 16.6. The predicted molar refractivity (Wildman–Crippen MR) is 80.9 cm³/mol. The molecule has 0 saturated carbocycles. The minimum atomic E-state index is -0.849. The van der Waals surface area contributed by atoms with Crippen LogP contribution < -0.4 is 4.90 Å². The fraction of sp³-hybridized carbons (Fsp3) is 0.533. The van der Waals surface area contributed by atoms with E-state index < -0.39 is 5.97 Å². The van der Waals surface area contributed by atoms with E-state index in [9.17, 15) is 9.90 Å². The molecule has 0 unspecified atom stereocenters. The molecule has 19 heavy (non-hydrogen) atoms. The average Bonchev–Trinajstić information content (AvgIpc) is 2.39. The van der Waals surface area contributed by atoms with Crippen molar-refractivity contribution >= 4 is 27.6 Å². The van der Waals surface area contributed by atoms with Crippen LogP contribution in [0.2, 0.25) is 0 Å². The molecule has 1 fully saturated rings. The summed E-state index contributed by atoms with van der Waals surface area (Å²) in [6, 6.07) is 5.39. The molecule has 1 N–H and O–H groups in total. The van der Waals surface area contributed by atoms with Crippen LogP contribution >= 0.6 is 15.9 Å². The fourth-order valence-electron chi connectivity index (χ4n) is 2.82. The van der Waals surface area contributed by atoms with Gasteiger partial charge in [-0.25, -0.2) is 4.79 Å². The molecule has 0 aromatic heterocycles. The molecule has 0 atom stereocenters. The molecule has 0 bridgehead atoms. The highest BCUT2D eigenvalue weighted by Crippen LogP contribution is 2.30. The number of aromatic carboxylic acids is 1. The summed E-state index contributed by atoms with van der Waals surface area (Å²) in [4.78, 5) is 13.5. The van der Waals surface area contributed by atoms with E-state index >= 15 is 0 Å². The topological polar surface area (TPSA) is 40.5 Å². The average molecular weight is 326 g/mol. The lowest BCUT2D eigenvalue weighted by Crippen LogP contribution is -2.34. The number of hydrogen-bond donors (Lipinski definition) is 1. The van der Waals surface area contributed by atoms with Gasteiger partial charge in [-0.1, -0.05) is 35.7 Å². The molecule has 3 nitrogen and oxygen atoms in total. The van der Waals surface area contributed by atoms with Gasteiger partial charge in [-0.2, -0.15) is 0 Å². The molecule has 1 saturated heterocycles. The minimum absolute atomic E-state index is 0.400. The van der Waals surface area contributed by atoms with Crippen molar-refractivity contribution in [3.05, 3.63) is 28.2 Å². The Morgan fingerprint density at radius 3 is 2.68 bits per heavy atom. The van der Waals surface area contributed by atoms with Gasteiger partial charge < -0.3 is 10.0 Å². The van der Waals surface area contributed by atoms with Gasteiger partial charge in [-0.05, 0) is 37.0 Å². The summed E-state index contributed by atoms with van der Waals surface area (Å²) in [6.45, 7) is 4.14. The molecule has 2 rings (SSSR count). The van der Waals surface area contributed by atoms with Crippen molar-refractivity contribution < 1.29 is 9.90 Å². The van der Waals surface area contributed by atoms with Crippen molar-refractivity contribution in [2.45, 2.75) is 32.6 Å². The van der Waals surface area contributed by atoms with Crippen molar-refractivity contribution in [3.63, 3.8) is 0 Å². The lowest BCUT2D eigenvalue weighted by atomic mass is 9.92. The van der Waals surface area contributed by atoms with Crippen molar-refractivity contribution in [1.82, 2.24) is 0 Å². The summed E-state index contributed by atoms with van der Waals surface area (Å²) in [7, 11) is 0. The summed E-state index contributed by atoms with van der Waals surface area (Å²) >= 11 is 3.43. The third kappa shape index (κ3) is 3.50. The first-order valence-corrected chi connectivity index (χ1v) is 7.69. The first kappa shape index (κ1) is 14.4. The van der Waals surface area contributed by atoms with E-state index in [1.54, 1.807) is 12.1 Å². The third-order valence-corrected chi connectivity index (χ3v) is 4.34. The predicted octanol–water partition coefficient (Wildman–Crippen LogP) is 4.16. The van der Waals surface area contributed by atoms with Crippen LogP contribution in [-0.4, -0.2) is 24.2 Å². The zero-order valence-corrected chi connectivity index (χ0v) is 12.8. The number of carbonyl (C=O) groups is 1. The van der Waals surface area contributed by atoms with E-state index in [-0.39, 0.29) is 0 Å². The lowest BCUT2D eigenvalue weighted by molar-refractivity contribution is 0.0697. The number of nitrogens with zero attached hydrogens (tertiary/aromatic N) is 1. The zero-order chi connectivity index (χ0) is 13.8. The number of carboxylic acid groups (broad SMARTS) is 1. The van der Waals surface area contributed by atoms with Gasteiger partial charge in [0.1, 0.15) is 0 Å². The summed E-state index contributed by atoms with van der Waals surface area (Å²) in [5.41, 5.74) is 1.24. The van der Waals surface area contributed by atoms with E-state index in [0.29, 0.717) is 5.56 Å². The lowest BCUT2D eigenvalue weighted by Gasteiger charge is -2.34.